The van der Waals surface area contributed by atoms with Gasteiger partial charge in [0.05, 0.1) is 0 Å². The first-order valence-electron chi connectivity index (χ1n) is 4.94. The summed E-state index contributed by atoms with van der Waals surface area (Å²) in [6.45, 7) is 9.17. The van der Waals surface area contributed by atoms with Crippen molar-refractivity contribution in [3.63, 3.8) is 0 Å². The van der Waals surface area contributed by atoms with Gasteiger partial charge in [0.2, 0.25) is 0 Å². The Labute approximate surface area is 97.1 Å². The van der Waals surface area contributed by atoms with Crippen molar-refractivity contribution in [2.45, 2.75) is 27.2 Å². The molecule has 4 nitrogen and oxygen atoms in total. The Morgan fingerprint density at radius 1 is 1.38 bits per heavy atom. The van der Waals surface area contributed by atoms with Crippen molar-refractivity contribution in [3.05, 3.63) is 36.5 Å². The van der Waals surface area contributed by atoms with Gasteiger partial charge in [0.15, 0.2) is 0 Å². The molecule has 0 unspecified atom stereocenters. The molecular formula is C11H18O4S. The topological polar surface area (TPSA) is 71.4 Å². The minimum atomic E-state index is -4.66. The van der Waals surface area contributed by atoms with Crippen molar-refractivity contribution in [3.8, 4) is 0 Å². The summed E-state index contributed by atoms with van der Waals surface area (Å²) in [5.74, 6) is 0. The van der Waals surface area contributed by atoms with Crippen molar-refractivity contribution in [2.75, 3.05) is 0 Å². The molecule has 5 heteroatoms. The van der Waals surface area contributed by atoms with Crippen LogP contribution in [-0.4, -0.2) is 18.1 Å². The molecule has 0 aromatic rings. The highest BCUT2D eigenvalue weighted by Crippen LogP contribution is 2.05. The van der Waals surface area contributed by atoms with Gasteiger partial charge in [-0.25, -0.2) is 0 Å². The van der Waals surface area contributed by atoms with Crippen molar-refractivity contribution in [2.24, 2.45) is 0 Å². The van der Waals surface area contributed by atoms with E-state index < -0.39 is 15.2 Å². The van der Waals surface area contributed by atoms with Crippen LogP contribution in [0.3, 0.4) is 0 Å². The molecule has 0 radical (unpaired) electrons. The number of carbonyl (C=O) groups is 1. The molecule has 92 valence electrons. The summed E-state index contributed by atoms with van der Waals surface area (Å²) in [6, 6.07) is 0. The van der Waals surface area contributed by atoms with E-state index in [4.69, 9.17) is 4.55 Å². The lowest BCUT2D eigenvalue weighted by Crippen LogP contribution is -2.14. The molecule has 0 spiro atoms. The molecule has 0 aromatic carbocycles. The third kappa shape index (κ3) is 7.14. The Bertz CT molecular complexity index is 375. The number of carbonyl (C=O) groups excluding carboxylic acids is 1. The second kappa shape index (κ2) is 9.06. The maximum Gasteiger partial charge on any atom is 0.333 e. The second-order valence-corrected chi connectivity index (χ2v) is 3.75. The summed E-state index contributed by atoms with van der Waals surface area (Å²) in [5, 5.41) is -1.32. The van der Waals surface area contributed by atoms with Crippen molar-refractivity contribution in [1.29, 1.82) is 0 Å². The minimum absolute atomic E-state index is 0.107. The summed E-state index contributed by atoms with van der Waals surface area (Å²) in [4.78, 5) is 11.1. The zero-order valence-electron chi connectivity index (χ0n) is 9.80. The molecule has 0 saturated carbocycles. The highest BCUT2D eigenvalue weighted by molar-refractivity contribution is 8.01. The van der Waals surface area contributed by atoms with E-state index in [9.17, 15) is 13.2 Å². The van der Waals surface area contributed by atoms with Gasteiger partial charge in [-0.15, -0.1) is 0 Å². The van der Waals surface area contributed by atoms with Gasteiger partial charge in [0.25, 0.3) is 0 Å². The molecule has 0 fully saturated rings. The fourth-order valence-electron chi connectivity index (χ4n) is 0.712. The molecule has 0 aliphatic rings. The molecule has 0 amide bonds. The van der Waals surface area contributed by atoms with Gasteiger partial charge in [-0.3, -0.25) is 9.35 Å². The molecule has 0 aromatic heterocycles. The monoisotopic (exact) mass is 246 g/mol. The van der Waals surface area contributed by atoms with Crippen LogP contribution in [-0.2, 0) is 14.9 Å². The quantitative estimate of drug-likeness (QED) is 0.470. The van der Waals surface area contributed by atoms with Crippen molar-refractivity contribution in [1.82, 2.24) is 0 Å². The maximum atomic E-state index is 11.1. The number of hydrogen-bond donors (Lipinski definition) is 1. The van der Waals surface area contributed by atoms with Gasteiger partial charge in [0, 0.05) is 5.57 Å². The van der Waals surface area contributed by atoms with Crippen LogP contribution in [0.25, 0.3) is 0 Å². The van der Waals surface area contributed by atoms with Gasteiger partial charge < -0.3 is 0 Å². The molecule has 0 rings (SSSR count). The lowest BCUT2D eigenvalue weighted by atomic mass is 10.2. The summed E-state index contributed by atoms with van der Waals surface area (Å²) < 4.78 is 29.5. The standard InChI is InChI=1S/C9H12O4S.C2H6/c1-3-5-7-8(6-4-2)9(10)14(11,12)13;1-2/h4-7H,2-3H2,1H3,(H,11,12,13);1-2H3/b7-5-,8-6+;. The predicted octanol–water partition coefficient (Wildman–Crippen LogP) is 2.51. The maximum absolute atomic E-state index is 11.1. The van der Waals surface area contributed by atoms with Gasteiger partial charge in [0.1, 0.15) is 0 Å². The molecule has 0 heterocycles. The molecule has 0 saturated heterocycles. The Morgan fingerprint density at radius 3 is 2.19 bits per heavy atom. The fraction of sp³-hybridized carbons (Fsp3) is 0.364. The van der Waals surface area contributed by atoms with E-state index in [2.05, 4.69) is 6.58 Å². The Balaban J connectivity index is 0. The largest absolute Gasteiger partial charge is 0.333 e. The molecule has 0 atom stereocenters. The molecule has 0 aliphatic carbocycles. The van der Waals surface area contributed by atoms with Crippen LogP contribution in [0.2, 0.25) is 0 Å². The van der Waals surface area contributed by atoms with E-state index >= 15 is 0 Å². The SMILES string of the molecule is C=C/C=C(\C=C/CC)C(=O)S(=O)(=O)O.CC. The van der Waals surface area contributed by atoms with E-state index in [1.54, 1.807) is 6.08 Å². The average Bonchev–Trinajstić information content (AvgIpc) is 2.25. The van der Waals surface area contributed by atoms with Crippen LogP contribution in [0, 0.1) is 0 Å². The molecular weight excluding hydrogens is 228 g/mol. The van der Waals surface area contributed by atoms with E-state index in [1.807, 2.05) is 20.8 Å². The van der Waals surface area contributed by atoms with E-state index in [0.717, 1.165) is 0 Å². The highest BCUT2D eigenvalue weighted by Gasteiger charge is 2.20. The summed E-state index contributed by atoms with van der Waals surface area (Å²) in [7, 11) is -4.66. The predicted molar refractivity (Wildman–Crippen MR) is 65.6 cm³/mol. The van der Waals surface area contributed by atoms with E-state index in [0.29, 0.717) is 6.42 Å². The summed E-state index contributed by atoms with van der Waals surface area (Å²) in [6.07, 6.45) is 6.10. The van der Waals surface area contributed by atoms with Gasteiger partial charge >= 0.3 is 15.2 Å². The average molecular weight is 246 g/mol. The summed E-state index contributed by atoms with van der Waals surface area (Å²) >= 11 is 0. The fourth-order valence-corrected chi connectivity index (χ4v) is 1.15. The number of allylic oxidation sites excluding steroid dienone is 4. The first kappa shape index (κ1) is 17.2. The lowest BCUT2D eigenvalue weighted by Gasteiger charge is -1.96. The Morgan fingerprint density at radius 2 is 1.88 bits per heavy atom. The van der Waals surface area contributed by atoms with Crippen molar-refractivity contribution >= 4 is 15.2 Å². The second-order valence-electron chi connectivity index (χ2n) is 2.43. The Kier molecular flexibility index (Phi) is 9.74. The van der Waals surface area contributed by atoms with Gasteiger partial charge in [-0.2, -0.15) is 8.42 Å². The van der Waals surface area contributed by atoms with Crippen LogP contribution >= 0.6 is 0 Å². The first-order valence-corrected chi connectivity index (χ1v) is 6.38. The van der Waals surface area contributed by atoms with E-state index in [-0.39, 0.29) is 5.57 Å². The van der Waals surface area contributed by atoms with Gasteiger partial charge in [-0.1, -0.05) is 51.7 Å². The van der Waals surface area contributed by atoms with Crippen molar-refractivity contribution < 1.29 is 17.8 Å². The van der Waals surface area contributed by atoms with Crippen LogP contribution in [0.5, 0.6) is 0 Å². The highest BCUT2D eigenvalue weighted by atomic mass is 32.2. The molecule has 16 heavy (non-hydrogen) atoms. The Hall–Kier alpha value is -1.20. The molecule has 1 N–H and O–H groups in total. The van der Waals surface area contributed by atoms with E-state index in [1.165, 1.54) is 18.2 Å². The van der Waals surface area contributed by atoms with Crippen LogP contribution in [0.1, 0.15) is 27.2 Å². The third-order valence-corrected chi connectivity index (χ3v) is 2.00. The number of rotatable bonds is 4. The van der Waals surface area contributed by atoms with Crippen LogP contribution < -0.4 is 0 Å². The third-order valence-electron chi connectivity index (χ3n) is 1.30. The molecule has 0 aliphatic heterocycles. The number of hydrogen-bond acceptors (Lipinski definition) is 3. The molecule has 0 bridgehead atoms. The smallest absolute Gasteiger partial charge is 0.279 e. The van der Waals surface area contributed by atoms with Crippen LogP contribution in [0.4, 0.5) is 0 Å². The van der Waals surface area contributed by atoms with Gasteiger partial charge in [-0.05, 0) is 6.42 Å². The zero-order chi connectivity index (χ0) is 13.2. The lowest BCUT2D eigenvalue weighted by molar-refractivity contribution is -0.108. The normalized spacial score (nSPS) is 11.9. The zero-order valence-corrected chi connectivity index (χ0v) is 10.6. The van der Waals surface area contributed by atoms with Crippen LogP contribution in [0.15, 0.2) is 36.5 Å². The minimum Gasteiger partial charge on any atom is -0.279 e. The first-order chi connectivity index (χ1) is 7.43. The summed E-state index contributed by atoms with van der Waals surface area (Å²) in [5.41, 5.74) is -0.107.